The number of carbonyl (C=O) groups is 5. The first-order valence-corrected chi connectivity index (χ1v) is 10.5. The highest BCUT2D eigenvalue weighted by Gasteiger charge is 2.34. The zero-order valence-corrected chi connectivity index (χ0v) is 19.1. The van der Waals surface area contributed by atoms with Crippen molar-refractivity contribution >= 4 is 29.7 Å². The van der Waals surface area contributed by atoms with Crippen LogP contribution in [-0.2, 0) is 24.0 Å². The molecular weight excluding hydrogens is 424 g/mol. The van der Waals surface area contributed by atoms with Crippen LogP contribution in [0.2, 0.25) is 0 Å². The van der Waals surface area contributed by atoms with E-state index in [1.807, 2.05) is 0 Å². The van der Waals surface area contributed by atoms with E-state index in [1.54, 1.807) is 27.7 Å². The Kier molecular flexibility index (Phi) is 12.5. The third-order valence-corrected chi connectivity index (χ3v) is 5.14. The molecule has 184 valence electrons. The average molecular weight is 461 g/mol. The van der Waals surface area contributed by atoms with Gasteiger partial charge in [-0.3, -0.25) is 19.2 Å². The molecule has 0 heterocycles. The van der Waals surface area contributed by atoms with Crippen molar-refractivity contribution in [1.29, 1.82) is 0 Å². The smallest absolute Gasteiger partial charge is 0.326 e. The van der Waals surface area contributed by atoms with E-state index in [9.17, 15) is 34.2 Å². The zero-order chi connectivity index (χ0) is 25.2. The van der Waals surface area contributed by atoms with Gasteiger partial charge in [0, 0.05) is 6.42 Å². The van der Waals surface area contributed by atoms with Crippen molar-refractivity contribution in [3.63, 3.8) is 0 Å². The predicted molar refractivity (Wildman–Crippen MR) is 114 cm³/mol. The number of hydrogen-bond donors (Lipinski definition) is 7. The van der Waals surface area contributed by atoms with Gasteiger partial charge >= 0.3 is 11.9 Å². The van der Waals surface area contributed by atoms with Crippen LogP contribution in [0.3, 0.4) is 0 Å². The number of rotatable bonds is 14. The molecule has 0 aliphatic rings. The molecule has 0 aliphatic heterocycles. The second-order valence-electron chi connectivity index (χ2n) is 8.20. The molecule has 0 saturated heterocycles. The van der Waals surface area contributed by atoms with Gasteiger partial charge in [-0.05, 0) is 25.2 Å². The summed E-state index contributed by atoms with van der Waals surface area (Å²) in [5, 5.41) is 35.2. The average Bonchev–Trinajstić information content (AvgIpc) is 2.70. The summed E-state index contributed by atoms with van der Waals surface area (Å²) < 4.78 is 0. The largest absolute Gasteiger partial charge is 0.481 e. The van der Waals surface area contributed by atoms with E-state index in [0.29, 0.717) is 6.42 Å². The summed E-state index contributed by atoms with van der Waals surface area (Å²) in [5.74, 6) is -5.64. The number of carbonyl (C=O) groups excluding carboxylic acids is 3. The van der Waals surface area contributed by atoms with Crippen molar-refractivity contribution in [1.82, 2.24) is 16.0 Å². The lowest BCUT2D eigenvalue weighted by molar-refractivity contribution is -0.144. The van der Waals surface area contributed by atoms with Gasteiger partial charge in [0.15, 0.2) is 0 Å². The molecule has 3 amide bonds. The molecule has 32 heavy (non-hydrogen) atoms. The minimum Gasteiger partial charge on any atom is -0.481 e. The van der Waals surface area contributed by atoms with Crippen molar-refractivity contribution in [2.75, 3.05) is 0 Å². The van der Waals surface area contributed by atoms with Crippen LogP contribution in [0.5, 0.6) is 0 Å². The van der Waals surface area contributed by atoms with Crippen LogP contribution in [0.25, 0.3) is 0 Å². The molecule has 0 radical (unpaired) electrons. The van der Waals surface area contributed by atoms with E-state index in [4.69, 9.17) is 10.8 Å². The molecule has 12 heteroatoms. The number of nitrogens with two attached hydrogens (primary N) is 1. The summed E-state index contributed by atoms with van der Waals surface area (Å²) in [6.45, 7) is 7.99. The van der Waals surface area contributed by atoms with Crippen molar-refractivity contribution in [3.05, 3.63) is 0 Å². The molecule has 0 aromatic carbocycles. The summed E-state index contributed by atoms with van der Waals surface area (Å²) in [6.07, 6.45) is -1.67. The van der Waals surface area contributed by atoms with Crippen LogP contribution in [-0.4, -0.2) is 75.3 Å². The second kappa shape index (κ2) is 13.6. The van der Waals surface area contributed by atoms with Gasteiger partial charge in [-0.1, -0.05) is 34.1 Å². The highest BCUT2D eigenvalue weighted by Crippen LogP contribution is 2.09. The number of aliphatic carboxylic acids is 2. The fraction of sp³-hybridized carbons (Fsp3) is 0.750. The Morgan fingerprint density at radius 1 is 0.844 bits per heavy atom. The maximum absolute atomic E-state index is 12.7. The van der Waals surface area contributed by atoms with Gasteiger partial charge in [0.05, 0.1) is 12.1 Å². The van der Waals surface area contributed by atoms with E-state index in [2.05, 4.69) is 16.0 Å². The molecule has 0 spiro atoms. The first-order valence-electron chi connectivity index (χ1n) is 10.5. The maximum atomic E-state index is 12.7. The molecule has 0 aromatic rings. The maximum Gasteiger partial charge on any atom is 0.326 e. The van der Waals surface area contributed by atoms with Crippen LogP contribution in [0, 0.1) is 11.8 Å². The lowest BCUT2D eigenvalue weighted by Gasteiger charge is -2.28. The van der Waals surface area contributed by atoms with Crippen molar-refractivity contribution in [3.8, 4) is 0 Å². The van der Waals surface area contributed by atoms with Gasteiger partial charge in [0.2, 0.25) is 17.7 Å². The Morgan fingerprint density at radius 2 is 1.38 bits per heavy atom. The minimum absolute atomic E-state index is 0.248. The first-order chi connectivity index (χ1) is 14.7. The van der Waals surface area contributed by atoms with Crippen molar-refractivity contribution < 1.29 is 39.3 Å². The van der Waals surface area contributed by atoms with E-state index in [-0.39, 0.29) is 12.3 Å². The fourth-order valence-electron chi connectivity index (χ4n) is 2.69. The number of nitrogens with one attached hydrogen (secondary N) is 3. The van der Waals surface area contributed by atoms with Gasteiger partial charge in [-0.15, -0.1) is 0 Å². The fourth-order valence-corrected chi connectivity index (χ4v) is 2.69. The number of hydrogen-bond acceptors (Lipinski definition) is 7. The van der Waals surface area contributed by atoms with Crippen LogP contribution in [0.4, 0.5) is 0 Å². The molecule has 6 atom stereocenters. The summed E-state index contributed by atoms with van der Waals surface area (Å²) in [4.78, 5) is 60.0. The molecule has 0 saturated carbocycles. The van der Waals surface area contributed by atoms with Crippen LogP contribution < -0.4 is 21.7 Å². The summed E-state index contributed by atoms with van der Waals surface area (Å²) in [5.41, 5.74) is 5.77. The van der Waals surface area contributed by atoms with E-state index >= 15 is 0 Å². The molecule has 0 aliphatic carbocycles. The lowest BCUT2D eigenvalue weighted by atomic mass is 9.98. The third-order valence-electron chi connectivity index (χ3n) is 5.14. The molecule has 0 fully saturated rings. The van der Waals surface area contributed by atoms with E-state index in [1.165, 1.54) is 6.92 Å². The summed E-state index contributed by atoms with van der Waals surface area (Å²) >= 11 is 0. The first kappa shape index (κ1) is 29.3. The number of aliphatic hydroxyl groups excluding tert-OH is 1. The Bertz CT molecular complexity index is 683. The van der Waals surface area contributed by atoms with Crippen molar-refractivity contribution in [2.24, 2.45) is 17.6 Å². The van der Waals surface area contributed by atoms with Gasteiger partial charge in [0.25, 0.3) is 0 Å². The summed E-state index contributed by atoms with van der Waals surface area (Å²) in [7, 11) is 0. The van der Waals surface area contributed by atoms with E-state index < -0.39 is 72.3 Å². The topological polar surface area (TPSA) is 208 Å². The SMILES string of the molecule is CCC(C)C(NC(=O)C(NC(=O)C(CCC(=O)O)NC(=O)C(N)C(C)C)C(C)O)C(=O)O. The van der Waals surface area contributed by atoms with Crippen LogP contribution in [0.1, 0.15) is 53.9 Å². The van der Waals surface area contributed by atoms with Gasteiger partial charge in [-0.2, -0.15) is 0 Å². The van der Waals surface area contributed by atoms with Gasteiger partial charge in [0.1, 0.15) is 18.1 Å². The Balaban J connectivity index is 5.53. The number of aliphatic hydroxyl groups is 1. The molecule has 0 aromatic heterocycles. The minimum atomic E-state index is -1.53. The number of amides is 3. The summed E-state index contributed by atoms with van der Waals surface area (Å²) in [6, 6.07) is -5.05. The molecule has 8 N–H and O–H groups in total. The van der Waals surface area contributed by atoms with Crippen LogP contribution in [0.15, 0.2) is 0 Å². The molecule has 12 nitrogen and oxygen atoms in total. The van der Waals surface area contributed by atoms with Gasteiger partial charge in [-0.25, -0.2) is 4.79 Å². The molecule has 6 unspecified atom stereocenters. The highest BCUT2D eigenvalue weighted by molar-refractivity contribution is 5.94. The van der Waals surface area contributed by atoms with Crippen LogP contribution >= 0.6 is 0 Å². The predicted octanol–water partition coefficient (Wildman–Crippen LogP) is -1.20. The second-order valence-corrected chi connectivity index (χ2v) is 8.20. The molecule has 0 rings (SSSR count). The van der Waals surface area contributed by atoms with E-state index in [0.717, 1.165) is 0 Å². The Morgan fingerprint density at radius 3 is 1.78 bits per heavy atom. The molecule has 0 bridgehead atoms. The highest BCUT2D eigenvalue weighted by atomic mass is 16.4. The Hall–Kier alpha value is -2.73. The molecular formula is C20H36N4O8. The van der Waals surface area contributed by atoms with Gasteiger partial charge < -0.3 is 37.0 Å². The number of carboxylic acid groups (broad SMARTS) is 2. The number of carboxylic acids is 2. The Labute approximate surface area is 187 Å². The lowest BCUT2D eigenvalue weighted by Crippen LogP contribution is -2.60. The zero-order valence-electron chi connectivity index (χ0n) is 19.1. The quantitative estimate of drug-likeness (QED) is 0.166. The normalized spacial score (nSPS) is 16.8. The third kappa shape index (κ3) is 9.60. The monoisotopic (exact) mass is 460 g/mol. The van der Waals surface area contributed by atoms with Crippen molar-refractivity contribution in [2.45, 2.75) is 84.2 Å². The standard InChI is InChI=1S/C20H36N4O8/c1-6-10(4)15(20(31)32)23-19(30)16(11(5)25)24-17(28)12(7-8-13(26)27)22-18(29)14(21)9(2)3/h9-12,14-16,25H,6-8,21H2,1-5H3,(H,22,29)(H,23,30)(H,24,28)(H,26,27)(H,31,32).